The number of pyridine rings is 2. The second-order valence-electron chi connectivity index (χ2n) is 3.58. The largest absolute Gasteiger partial charge is 0.481 e. The third kappa shape index (κ3) is 1.79. The van der Waals surface area contributed by atoms with Gasteiger partial charge >= 0.3 is 5.97 Å². The third-order valence-corrected chi connectivity index (χ3v) is 2.39. The number of nitrogens with one attached hydrogen (secondary N) is 1. The monoisotopic (exact) mass is 218 g/mol. The summed E-state index contributed by atoms with van der Waals surface area (Å²) in [6.45, 7) is 1.88. The molecule has 2 aromatic rings. The summed E-state index contributed by atoms with van der Waals surface area (Å²) < 4.78 is 0. The number of carboxylic acid groups (broad SMARTS) is 1. The van der Waals surface area contributed by atoms with Gasteiger partial charge in [0.2, 0.25) is 0 Å². The number of aliphatic carboxylic acids is 1. The average molecular weight is 218 g/mol. The molecule has 2 heterocycles. The number of H-pyrrole nitrogens is 1. The van der Waals surface area contributed by atoms with E-state index >= 15 is 0 Å². The number of carboxylic acids is 1. The summed E-state index contributed by atoms with van der Waals surface area (Å²) in [6, 6.07) is 3.40. The van der Waals surface area contributed by atoms with Crippen LogP contribution >= 0.6 is 0 Å². The van der Waals surface area contributed by atoms with Crippen molar-refractivity contribution in [3.63, 3.8) is 0 Å². The minimum atomic E-state index is -1.02. The SMILES string of the molecule is Cc1ccnc2[nH]c(=O)c(CC(=O)O)cc12. The first kappa shape index (κ1) is 10.4. The Balaban J connectivity index is 2.69. The van der Waals surface area contributed by atoms with Crippen LogP contribution in [0.25, 0.3) is 11.0 Å². The van der Waals surface area contributed by atoms with Gasteiger partial charge in [0, 0.05) is 17.1 Å². The van der Waals surface area contributed by atoms with Gasteiger partial charge in [-0.05, 0) is 24.6 Å². The highest BCUT2D eigenvalue weighted by Crippen LogP contribution is 2.13. The molecule has 0 saturated carbocycles. The predicted molar refractivity (Wildman–Crippen MR) is 58.4 cm³/mol. The van der Waals surface area contributed by atoms with Crippen molar-refractivity contribution >= 4 is 17.0 Å². The van der Waals surface area contributed by atoms with Crippen LogP contribution in [-0.4, -0.2) is 21.0 Å². The Morgan fingerprint density at radius 1 is 1.56 bits per heavy atom. The van der Waals surface area contributed by atoms with Gasteiger partial charge in [0.25, 0.3) is 5.56 Å². The fourth-order valence-corrected chi connectivity index (χ4v) is 1.57. The smallest absolute Gasteiger partial charge is 0.308 e. The molecule has 0 unspecified atom stereocenters. The number of carbonyl (C=O) groups is 1. The van der Waals surface area contributed by atoms with E-state index in [0.717, 1.165) is 10.9 Å². The van der Waals surface area contributed by atoms with Gasteiger partial charge in [-0.25, -0.2) is 4.98 Å². The zero-order valence-electron chi connectivity index (χ0n) is 8.65. The molecule has 0 aliphatic carbocycles. The Morgan fingerprint density at radius 3 is 3.00 bits per heavy atom. The molecule has 0 spiro atoms. The molecule has 0 aliphatic heterocycles. The summed E-state index contributed by atoms with van der Waals surface area (Å²) in [5, 5.41) is 9.44. The lowest BCUT2D eigenvalue weighted by Gasteiger charge is -2.02. The zero-order valence-corrected chi connectivity index (χ0v) is 8.65. The van der Waals surface area contributed by atoms with Crippen LogP contribution in [0.15, 0.2) is 23.1 Å². The number of nitrogens with zero attached hydrogens (tertiary/aromatic N) is 1. The molecule has 2 N–H and O–H groups in total. The molecule has 0 saturated heterocycles. The summed E-state index contributed by atoms with van der Waals surface area (Å²) in [5.74, 6) is -1.02. The van der Waals surface area contributed by atoms with E-state index in [0.29, 0.717) is 5.65 Å². The van der Waals surface area contributed by atoms with Crippen molar-refractivity contribution < 1.29 is 9.90 Å². The van der Waals surface area contributed by atoms with E-state index in [-0.39, 0.29) is 12.0 Å². The topological polar surface area (TPSA) is 83.0 Å². The number of aromatic amines is 1. The lowest BCUT2D eigenvalue weighted by atomic mass is 10.1. The molecule has 0 bridgehead atoms. The Hall–Kier alpha value is -2.17. The van der Waals surface area contributed by atoms with E-state index < -0.39 is 11.5 Å². The Kier molecular flexibility index (Phi) is 2.44. The summed E-state index contributed by atoms with van der Waals surface area (Å²) in [6.07, 6.45) is 1.32. The van der Waals surface area contributed by atoms with Crippen LogP contribution < -0.4 is 5.56 Å². The van der Waals surface area contributed by atoms with Gasteiger partial charge < -0.3 is 10.1 Å². The van der Waals surface area contributed by atoms with Crippen molar-refractivity contribution in [3.8, 4) is 0 Å². The van der Waals surface area contributed by atoms with Gasteiger partial charge in [-0.2, -0.15) is 0 Å². The maximum absolute atomic E-state index is 11.5. The minimum Gasteiger partial charge on any atom is -0.481 e. The van der Waals surface area contributed by atoms with Crippen LogP contribution in [0.4, 0.5) is 0 Å². The highest BCUT2D eigenvalue weighted by Gasteiger charge is 2.08. The molecule has 0 aliphatic rings. The molecule has 2 rings (SSSR count). The van der Waals surface area contributed by atoms with Crippen LogP contribution in [0.5, 0.6) is 0 Å². The van der Waals surface area contributed by atoms with Crippen molar-refractivity contribution in [1.82, 2.24) is 9.97 Å². The third-order valence-electron chi connectivity index (χ3n) is 2.39. The molecule has 2 aromatic heterocycles. The summed E-state index contributed by atoms with van der Waals surface area (Å²) >= 11 is 0. The van der Waals surface area contributed by atoms with Crippen molar-refractivity contribution in [1.29, 1.82) is 0 Å². The van der Waals surface area contributed by atoms with E-state index in [1.165, 1.54) is 0 Å². The average Bonchev–Trinajstić information content (AvgIpc) is 2.20. The normalized spacial score (nSPS) is 10.6. The van der Waals surface area contributed by atoms with Crippen LogP contribution in [0, 0.1) is 6.92 Å². The number of aromatic nitrogens is 2. The standard InChI is InChI=1S/C11H10N2O3/c1-6-2-3-12-10-8(6)4-7(5-9(14)15)11(16)13-10/h2-4H,5H2,1H3,(H,14,15)(H,12,13,16). The van der Waals surface area contributed by atoms with Gasteiger partial charge in [-0.3, -0.25) is 9.59 Å². The van der Waals surface area contributed by atoms with Gasteiger partial charge in [-0.1, -0.05) is 0 Å². The number of hydrogen-bond acceptors (Lipinski definition) is 3. The van der Waals surface area contributed by atoms with Crippen LogP contribution in [0.3, 0.4) is 0 Å². The minimum absolute atomic E-state index is 0.246. The molecule has 16 heavy (non-hydrogen) atoms. The highest BCUT2D eigenvalue weighted by atomic mass is 16.4. The van der Waals surface area contributed by atoms with E-state index in [1.54, 1.807) is 12.3 Å². The molecule has 0 atom stereocenters. The fraction of sp³-hybridized carbons (Fsp3) is 0.182. The van der Waals surface area contributed by atoms with Crippen molar-refractivity contribution in [2.75, 3.05) is 0 Å². The Morgan fingerprint density at radius 2 is 2.31 bits per heavy atom. The molecule has 5 nitrogen and oxygen atoms in total. The zero-order chi connectivity index (χ0) is 11.7. The first-order valence-corrected chi connectivity index (χ1v) is 4.77. The quantitative estimate of drug-likeness (QED) is 0.783. The summed E-state index contributed by atoms with van der Waals surface area (Å²) in [5.41, 5.74) is 1.29. The predicted octanol–water partition coefficient (Wildman–Crippen LogP) is 0.859. The van der Waals surface area contributed by atoms with E-state index in [9.17, 15) is 9.59 Å². The van der Waals surface area contributed by atoms with Crippen molar-refractivity contribution in [2.24, 2.45) is 0 Å². The Bertz CT molecular complexity index is 616. The molecular weight excluding hydrogens is 208 g/mol. The molecule has 0 aromatic carbocycles. The molecule has 82 valence electrons. The first-order chi connectivity index (χ1) is 7.58. The fourth-order valence-electron chi connectivity index (χ4n) is 1.57. The lowest BCUT2D eigenvalue weighted by Crippen LogP contribution is -2.16. The molecule has 5 heteroatoms. The van der Waals surface area contributed by atoms with Gasteiger partial charge in [0.05, 0.1) is 6.42 Å². The van der Waals surface area contributed by atoms with Gasteiger partial charge in [-0.15, -0.1) is 0 Å². The second kappa shape index (κ2) is 3.77. The highest BCUT2D eigenvalue weighted by molar-refractivity contribution is 5.80. The number of hydrogen-bond donors (Lipinski definition) is 2. The number of aryl methyl sites for hydroxylation is 1. The maximum atomic E-state index is 11.5. The van der Waals surface area contributed by atoms with Crippen LogP contribution in [0.1, 0.15) is 11.1 Å². The van der Waals surface area contributed by atoms with E-state index in [1.807, 2.05) is 13.0 Å². The van der Waals surface area contributed by atoms with E-state index in [2.05, 4.69) is 9.97 Å². The summed E-state index contributed by atoms with van der Waals surface area (Å²) in [7, 11) is 0. The van der Waals surface area contributed by atoms with Crippen molar-refractivity contribution in [2.45, 2.75) is 13.3 Å². The van der Waals surface area contributed by atoms with Gasteiger partial charge in [0.1, 0.15) is 5.65 Å². The van der Waals surface area contributed by atoms with Crippen LogP contribution in [0.2, 0.25) is 0 Å². The molecule has 0 amide bonds. The van der Waals surface area contributed by atoms with Gasteiger partial charge in [0.15, 0.2) is 0 Å². The lowest BCUT2D eigenvalue weighted by molar-refractivity contribution is -0.136. The maximum Gasteiger partial charge on any atom is 0.308 e. The summed E-state index contributed by atoms with van der Waals surface area (Å²) in [4.78, 5) is 28.7. The molecule has 0 radical (unpaired) electrons. The second-order valence-corrected chi connectivity index (χ2v) is 3.58. The first-order valence-electron chi connectivity index (χ1n) is 4.77. The Labute approximate surface area is 90.8 Å². The van der Waals surface area contributed by atoms with E-state index in [4.69, 9.17) is 5.11 Å². The number of fused-ring (bicyclic) bond motifs is 1. The van der Waals surface area contributed by atoms with Crippen molar-refractivity contribution in [3.05, 3.63) is 39.8 Å². The number of rotatable bonds is 2. The molecule has 0 fully saturated rings. The molecular formula is C11H10N2O3. The van der Waals surface area contributed by atoms with Crippen LogP contribution in [-0.2, 0) is 11.2 Å².